The Kier molecular flexibility index (Phi) is 6.40. The first kappa shape index (κ1) is 23.5. The molecule has 1 aliphatic rings. The molecule has 0 radical (unpaired) electrons. The van der Waals surface area contributed by atoms with Crippen molar-refractivity contribution in [2.75, 3.05) is 26.2 Å². The van der Waals surface area contributed by atoms with Gasteiger partial charge in [0.1, 0.15) is 10.9 Å². The molecule has 11 heteroatoms. The fraction of sp³-hybridized carbons (Fsp3) is 0.217. The molecule has 0 aliphatic carbocycles. The minimum atomic E-state index is -1.08. The molecular weight excluding hydrogens is 480 g/mol. The smallest absolute Gasteiger partial charge is 0.350 e. The van der Waals surface area contributed by atoms with Crippen molar-refractivity contribution >= 4 is 45.5 Å². The quantitative estimate of drug-likeness (QED) is 0.381. The number of ketones is 1. The normalized spacial score (nSPS) is 15.6. The second-order valence-corrected chi connectivity index (χ2v) is 9.06. The van der Waals surface area contributed by atoms with Gasteiger partial charge in [-0.2, -0.15) is 0 Å². The van der Waals surface area contributed by atoms with Crippen LogP contribution in [0.3, 0.4) is 0 Å². The molecule has 0 spiro atoms. The molecule has 0 saturated heterocycles. The number of thiophene rings is 1. The number of esters is 1. The number of aryl methyl sites for hydroxylation is 1. The number of Topliss-reactive ketones (excluding diaryl/α,β-unsaturated/α-hetero) is 1. The van der Waals surface area contributed by atoms with Crippen LogP contribution < -0.4 is 14.4 Å². The highest BCUT2D eigenvalue weighted by molar-refractivity contribution is 7.17. The van der Waals surface area contributed by atoms with E-state index in [0.29, 0.717) is 27.6 Å². The monoisotopic (exact) mass is 500 g/mol. The van der Waals surface area contributed by atoms with Gasteiger partial charge in [0.2, 0.25) is 5.78 Å². The summed E-state index contributed by atoms with van der Waals surface area (Å²) in [4.78, 5) is 45.1. The summed E-state index contributed by atoms with van der Waals surface area (Å²) in [6.07, 6.45) is 0. The van der Waals surface area contributed by atoms with E-state index in [9.17, 15) is 19.5 Å². The van der Waals surface area contributed by atoms with Crippen LogP contribution in [0.2, 0.25) is 0 Å². The molecule has 3 heterocycles. The van der Waals surface area contributed by atoms with Crippen LogP contribution in [0.4, 0.5) is 5.13 Å². The molecule has 0 bridgehead atoms. The second kappa shape index (κ2) is 9.27. The van der Waals surface area contributed by atoms with Crippen LogP contribution in [0.15, 0.2) is 47.0 Å². The molecule has 2 aromatic heterocycles. The maximum atomic E-state index is 13.5. The summed E-state index contributed by atoms with van der Waals surface area (Å²) in [5.41, 5.74) is 0.645. The number of rotatable bonds is 7. The molecule has 0 saturated carbocycles. The van der Waals surface area contributed by atoms with Gasteiger partial charge in [0.05, 0.1) is 37.5 Å². The zero-order valence-electron chi connectivity index (χ0n) is 18.6. The summed E-state index contributed by atoms with van der Waals surface area (Å²) >= 11 is 2.12. The van der Waals surface area contributed by atoms with E-state index < -0.39 is 29.5 Å². The van der Waals surface area contributed by atoms with Gasteiger partial charge >= 0.3 is 5.97 Å². The van der Waals surface area contributed by atoms with Crippen molar-refractivity contribution in [2.24, 2.45) is 0 Å². The van der Waals surface area contributed by atoms with Gasteiger partial charge in [-0.05, 0) is 24.4 Å². The number of benzene rings is 1. The molecule has 4 rings (SSSR count). The Morgan fingerprint density at radius 2 is 1.88 bits per heavy atom. The summed E-state index contributed by atoms with van der Waals surface area (Å²) < 4.78 is 15.8. The van der Waals surface area contributed by atoms with Gasteiger partial charge in [-0.1, -0.05) is 29.5 Å². The molecule has 1 aliphatic heterocycles. The van der Waals surface area contributed by atoms with E-state index in [-0.39, 0.29) is 15.6 Å². The molecule has 0 fully saturated rings. The average Bonchev–Trinajstić information content (AvgIpc) is 3.57. The van der Waals surface area contributed by atoms with E-state index in [1.165, 1.54) is 37.6 Å². The summed E-state index contributed by atoms with van der Waals surface area (Å²) in [7, 11) is 4.16. The summed E-state index contributed by atoms with van der Waals surface area (Å²) in [6, 6.07) is 7.28. The molecule has 1 N–H and O–H groups in total. The maximum absolute atomic E-state index is 13.5. The van der Waals surface area contributed by atoms with E-state index >= 15 is 0 Å². The summed E-state index contributed by atoms with van der Waals surface area (Å²) in [5, 5.41) is 12.8. The van der Waals surface area contributed by atoms with Crippen LogP contribution >= 0.6 is 22.7 Å². The highest BCUT2D eigenvalue weighted by atomic mass is 32.1. The predicted molar refractivity (Wildman–Crippen MR) is 126 cm³/mol. The Balaban J connectivity index is 1.95. The fourth-order valence-electron chi connectivity index (χ4n) is 3.76. The summed E-state index contributed by atoms with van der Waals surface area (Å²) in [6.45, 7) is 1.61. The highest BCUT2D eigenvalue weighted by Crippen LogP contribution is 2.48. The van der Waals surface area contributed by atoms with Crippen molar-refractivity contribution in [1.82, 2.24) is 4.98 Å². The van der Waals surface area contributed by atoms with Crippen molar-refractivity contribution in [3.8, 4) is 11.5 Å². The minimum Gasteiger partial charge on any atom is -0.503 e. The van der Waals surface area contributed by atoms with Crippen molar-refractivity contribution in [3.63, 3.8) is 0 Å². The zero-order chi connectivity index (χ0) is 24.6. The zero-order valence-corrected chi connectivity index (χ0v) is 20.3. The van der Waals surface area contributed by atoms with Crippen molar-refractivity contribution in [2.45, 2.75) is 13.0 Å². The van der Waals surface area contributed by atoms with Gasteiger partial charge in [-0.25, -0.2) is 9.78 Å². The number of amides is 1. The molecule has 3 aromatic rings. The Bertz CT molecular complexity index is 1310. The number of thiazole rings is 1. The number of hydrogen-bond donors (Lipinski definition) is 1. The van der Waals surface area contributed by atoms with E-state index in [4.69, 9.17) is 14.2 Å². The number of nitrogens with zero attached hydrogens (tertiary/aromatic N) is 2. The first-order chi connectivity index (χ1) is 16.3. The van der Waals surface area contributed by atoms with Crippen LogP contribution in [0.25, 0.3) is 0 Å². The largest absolute Gasteiger partial charge is 0.503 e. The Morgan fingerprint density at radius 3 is 2.50 bits per heavy atom. The van der Waals surface area contributed by atoms with Crippen LogP contribution in [0.1, 0.15) is 36.6 Å². The van der Waals surface area contributed by atoms with Gasteiger partial charge in [0.15, 0.2) is 22.4 Å². The number of carbonyl (C=O) groups excluding carboxylic acids is 3. The van der Waals surface area contributed by atoms with Crippen molar-refractivity contribution in [1.29, 1.82) is 0 Å². The molecule has 9 nitrogen and oxygen atoms in total. The third-order valence-corrected chi connectivity index (χ3v) is 7.29. The lowest BCUT2D eigenvalue weighted by atomic mass is 9.94. The first-order valence-corrected chi connectivity index (χ1v) is 11.6. The minimum absolute atomic E-state index is 0.119. The van der Waals surface area contributed by atoms with Crippen molar-refractivity contribution in [3.05, 3.63) is 68.1 Å². The average molecular weight is 501 g/mol. The van der Waals surface area contributed by atoms with Gasteiger partial charge < -0.3 is 19.3 Å². The van der Waals surface area contributed by atoms with E-state index in [1.807, 2.05) is 0 Å². The molecule has 1 aromatic carbocycles. The number of methoxy groups -OCH3 is 3. The van der Waals surface area contributed by atoms with E-state index in [0.717, 1.165) is 11.3 Å². The lowest BCUT2D eigenvalue weighted by Crippen LogP contribution is -2.31. The Hall–Kier alpha value is -3.70. The van der Waals surface area contributed by atoms with Crippen LogP contribution in [0.5, 0.6) is 11.5 Å². The summed E-state index contributed by atoms with van der Waals surface area (Å²) in [5.74, 6) is -1.94. The number of aliphatic hydroxyl groups excluding tert-OH is 1. The predicted octanol–water partition coefficient (Wildman–Crippen LogP) is 4.10. The van der Waals surface area contributed by atoms with Gasteiger partial charge in [-0.3, -0.25) is 14.5 Å². The number of hydrogen-bond acceptors (Lipinski definition) is 10. The number of aromatic nitrogens is 1. The van der Waals surface area contributed by atoms with E-state index in [2.05, 4.69) is 4.98 Å². The Labute approximate surface area is 202 Å². The third kappa shape index (κ3) is 3.72. The van der Waals surface area contributed by atoms with Gasteiger partial charge in [-0.15, -0.1) is 11.3 Å². The third-order valence-electron chi connectivity index (χ3n) is 5.29. The number of ether oxygens (including phenoxy) is 3. The number of para-hydroxylation sites is 1. The van der Waals surface area contributed by atoms with Gasteiger partial charge in [0, 0.05) is 5.56 Å². The topological polar surface area (TPSA) is 115 Å². The van der Waals surface area contributed by atoms with Crippen LogP contribution in [-0.4, -0.2) is 49.1 Å². The van der Waals surface area contributed by atoms with Crippen LogP contribution in [0, 0.1) is 6.92 Å². The Morgan fingerprint density at radius 1 is 1.12 bits per heavy atom. The van der Waals surface area contributed by atoms with E-state index in [1.54, 1.807) is 42.6 Å². The first-order valence-electron chi connectivity index (χ1n) is 9.95. The molecule has 34 heavy (non-hydrogen) atoms. The molecular formula is C23H20N2O7S2. The lowest BCUT2D eigenvalue weighted by molar-refractivity contribution is -0.117. The van der Waals surface area contributed by atoms with Gasteiger partial charge in [0.25, 0.3) is 5.91 Å². The second-order valence-electron chi connectivity index (χ2n) is 7.13. The standard InChI is InChI=1S/C23H20N2O7S2/c1-11-20(22(29)32-4)34-23(24-11)25-16(12-7-5-8-13(30-2)19(12)31-3)15(18(27)21(25)28)17(26)14-9-6-10-33-14/h5-10,16,27H,1-4H3/t16-/m0/s1. The lowest BCUT2D eigenvalue weighted by Gasteiger charge is -2.26. The fourth-order valence-corrected chi connectivity index (χ4v) is 5.45. The van der Waals surface area contributed by atoms with Crippen molar-refractivity contribution < 1.29 is 33.7 Å². The molecule has 1 atom stereocenters. The van der Waals surface area contributed by atoms with Crippen LogP contribution in [-0.2, 0) is 9.53 Å². The highest BCUT2D eigenvalue weighted by Gasteiger charge is 2.47. The molecule has 1 amide bonds. The SMILES string of the molecule is COC(=O)c1sc(N2C(=O)C(O)=C(C(=O)c3cccs3)[C@@H]2c2cccc(OC)c2OC)nc1C. The molecule has 176 valence electrons. The molecule has 0 unspecified atom stereocenters. The number of carbonyl (C=O) groups is 3. The maximum Gasteiger partial charge on any atom is 0.350 e. The number of aliphatic hydroxyl groups is 1. The number of anilines is 1.